The van der Waals surface area contributed by atoms with Crippen LogP contribution in [0.4, 0.5) is 0 Å². The molecule has 1 atom stereocenters. The van der Waals surface area contributed by atoms with Gasteiger partial charge in [-0.15, -0.1) is 11.3 Å². The summed E-state index contributed by atoms with van der Waals surface area (Å²) in [6.45, 7) is 3.95. The minimum absolute atomic E-state index is 0.755. The highest BCUT2D eigenvalue weighted by atomic mass is 32.2. The molecular weight excluding hydrogens is 238 g/mol. The molecule has 1 saturated carbocycles. The van der Waals surface area contributed by atoms with Crippen molar-refractivity contribution >= 4 is 28.3 Å². The minimum Gasteiger partial charge on any atom is -0.360 e. The van der Waals surface area contributed by atoms with Crippen LogP contribution in [-0.2, 0) is 6.54 Å². The molecule has 1 N–H and O–H groups in total. The number of hydrogen-bond acceptors (Lipinski definition) is 5. The molecule has 1 aliphatic heterocycles. The topological polar surface area (TPSA) is 37.3 Å². The molecule has 2 heterocycles. The van der Waals surface area contributed by atoms with Gasteiger partial charge in [0.25, 0.3) is 0 Å². The third kappa shape index (κ3) is 2.25. The summed E-state index contributed by atoms with van der Waals surface area (Å²) in [6, 6.07) is 0. The second-order valence-electron chi connectivity index (χ2n) is 4.35. The van der Waals surface area contributed by atoms with Crippen molar-refractivity contribution in [3.8, 4) is 0 Å². The number of aliphatic imine (C=N–C) groups is 1. The van der Waals surface area contributed by atoms with E-state index in [4.69, 9.17) is 0 Å². The molecule has 3 nitrogen and oxygen atoms in total. The molecule has 1 aromatic heterocycles. The first-order chi connectivity index (χ1) is 7.83. The van der Waals surface area contributed by atoms with E-state index in [0.29, 0.717) is 0 Å². The van der Waals surface area contributed by atoms with E-state index in [1.807, 2.05) is 17.3 Å². The molecule has 0 radical (unpaired) electrons. The number of aryl methyl sites for hydroxylation is 1. The molecule has 1 fully saturated rings. The highest BCUT2D eigenvalue weighted by Gasteiger charge is 2.35. The lowest BCUT2D eigenvalue weighted by molar-refractivity contribution is 0.772. The van der Waals surface area contributed by atoms with Gasteiger partial charge in [0.1, 0.15) is 0 Å². The Labute approximate surface area is 104 Å². The fourth-order valence-electron chi connectivity index (χ4n) is 1.85. The van der Waals surface area contributed by atoms with Crippen LogP contribution in [0.1, 0.15) is 23.4 Å². The standard InChI is InChI=1S/C11H15N3S2/c1-7-9(15-6-14-7)4-12-11-13-5-10(16-11)8-2-3-8/h6,8,10H,2-5H2,1H3,(H,12,13). The Morgan fingerprint density at radius 1 is 1.50 bits per heavy atom. The van der Waals surface area contributed by atoms with Gasteiger partial charge in [0.2, 0.25) is 0 Å². The molecule has 2 aliphatic rings. The van der Waals surface area contributed by atoms with E-state index in [9.17, 15) is 0 Å². The molecule has 1 unspecified atom stereocenters. The summed E-state index contributed by atoms with van der Waals surface area (Å²) >= 11 is 3.65. The molecule has 86 valence electrons. The van der Waals surface area contributed by atoms with Crippen LogP contribution >= 0.6 is 23.1 Å². The Kier molecular flexibility index (Phi) is 2.90. The third-order valence-corrected chi connectivity index (χ3v) is 5.34. The molecular formula is C11H15N3S2. The van der Waals surface area contributed by atoms with E-state index < -0.39 is 0 Å². The number of thiazole rings is 1. The number of nitrogens with zero attached hydrogens (tertiary/aromatic N) is 2. The van der Waals surface area contributed by atoms with Crippen molar-refractivity contribution in [3.63, 3.8) is 0 Å². The summed E-state index contributed by atoms with van der Waals surface area (Å²) in [5, 5.41) is 5.30. The first-order valence-electron chi connectivity index (χ1n) is 5.67. The summed E-state index contributed by atoms with van der Waals surface area (Å²) in [5.41, 5.74) is 3.04. The molecule has 5 heteroatoms. The lowest BCUT2D eigenvalue weighted by Crippen LogP contribution is -2.19. The van der Waals surface area contributed by atoms with Crippen LogP contribution in [0.2, 0.25) is 0 Å². The Morgan fingerprint density at radius 3 is 3.06 bits per heavy atom. The van der Waals surface area contributed by atoms with Crippen molar-refractivity contribution in [2.45, 2.75) is 31.6 Å². The fraction of sp³-hybridized carbons (Fsp3) is 0.636. The molecule has 3 rings (SSSR count). The van der Waals surface area contributed by atoms with Gasteiger partial charge in [0.05, 0.1) is 24.3 Å². The van der Waals surface area contributed by atoms with Crippen molar-refractivity contribution < 1.29 is 0 Å². The Morgan fingerprint density at radius 2 is 2.38 bits per heavy atom. The van der Waals surface area contributed by atoms with Crippen LogP contribution in [-0.4, -0.2) is 21.9 Å². The van der Waals surface area contributed by atoms with Gasteiger partial charge in [-0.25, -0.2) is 4.98 Å². The highest BCUT2D eigenvalue weighted by molar-refractivity contribution is 8.14. The lowest BCUT2D eigenvalue weighted by Gasteiger charge is -2.06. The predicted molar refractivity (Wildman–Crippen MR) is 70.1 cm³/mol. The molecule has 0 saturated heterocycles. The maximum absolute atomic E-state index is 4.56. The first-order valence-corrected chi connectivity index (χ1v) is 7.43. The lowest BCUT2D eigenvalue weighted by atomic mass is 10.3. The normalized spacial score (nSPS) is 24.6. The maximum Gasteiger partial charge on any atom is 0.157 e. The van der Waals surface area contributed by atoms with Crippen LogP contribution in [0.15, 0.2) is 10.5 Å². The monoisotopic (exact) mass is 253 g/mol. The molecule has 16 heavy (non-hydrogen) atoms. The zero-order valence-electron chi connectivity index (χ0n) is 9.27. The van der Waals surface area contributed by atoms with E-state index in [2.05, 4.69) is 22.2 Å². The number of amidine groups is 1. The molecule has 0 bridgehead atoms. The first kappa shape index (κ1) is 10.6. The molecule has 0 amide bonds. The molecule has 1 aromatic rings. The van der Waals surface area contributed by atoms with E-state index >= 15 is 0 Å². The van der Waals surface area contributed by atoms with Crippen LogP contribution < -0.4 is 5.32 Å². The quantitative estimate of drug-likeness (QED) is 0.899. The zero-order chi connectivity index (χ0) is 11.0. The number of thioether (sulfide) groups is 1. The van der Waals surface area contributed by atoms with E-state index in [1.54, 1.807) is 11.3 Å². The Balaban J connectivity index is 1.51. The van der Waals surface area contributed by atoms with Gasteiger partial charge in [-0.2, -0.15) is 0 Å². The number of aromatic nitrogens is 1. The van der Waals surface area contributed by atoms with Crippen molar-refractivity contribution in [2.24, 2.45) is 10.9 Å². The average Bonchev–Trinajstić information content (AvgIpc) is 2.89. The van der Waals surface area contributed by atoms with Gasteiger partial charge in [-0.05, 0) is 25.7 Å². The van der Waals surface area contributed by atoms with Gasteiger partial charge >= 0.3 is 0 Å². The Bertz CT molecular complexity index is 409. The van der Waals surface area contributed by atoms with Gasteiger partial charge in [-0.3, -0.25) is 4.99 Å². The summed E-state index contributed by atoms with van der Waals surface area (Å²) in [7, 11) is 0. The zero-order valence-corrected chi connectivity index (χ0v) is 10.9. The number of rotatable bonds is 3. The molecule has 0 spiro atoms. The maximum atomic E-state index is 4.56. The smallest absolute Gasteiger partial charge is 0.157 e. The second-order valence-corrected chi connectivity index (χ2v) is 6.52. The van der Waals surface area contributed by atoms with Crippen molar-refractivity contribution in [2.75, 3.05) is 6.54 Å². The van der Waals surface area contributed by atoms with Gasteiger partial charge in [0, 0.05) is 10.1 Å². The van der Waals surface area contributed by atoms with Gasteiger partial charge in [-0.1, -0.05) is 11.8 Å². The average molecular weight is 253 g/mol. The van der Waals surface area contributed by atoms with Crippen LogP contribution in [0.5, 0.6) is 0 Å². The van der Waals surface area contributed by atoms with E-state index in [-0.39, 0.29) is 0 Å². The number of nitrogens with one attached hydrogen (secondary N) is 1. The van der Waals surface area contributed by atoms with Crippen molar-refractivity contribution in [1.29, 1.82) is 0 Å². The fourth-order valence-corrected chi connectivity index (χ4v) is 3.78. The van der Waals surface area contributed by atoms with Crippen LogP contribution in [0, 0.1) is 12.8 Å². The molecule has 0 aromatic carbocycles. The molecule has 1 aliphatic carbocycles. The van der Waals surface area contributed by atoms with E-state index in [0.717, 1.165) is 35.1 Å². The summed E-state index contributed by atoms with van der Waals surface area (Å²) < 4.78 is 0. The summed E-state index contributed by atoms with van der Waals surface area (Å²) in [6.07, 6.45) is 2.82. The Hall–Kier alpha value is -0.550. The van der Waals surface area contributed by atoms with Crippen molar-refractivity contribution in [3.05, 3.63) is 16.1 Å². The minimum atomic E-state index is 0.755. The summed E-state index contributed by atoms with van der Waals surface area (Å²) in [5.74, 6) is 0.943. The predicted octanol–water partition coefficient (Wildman–Crippen LogP) is 2.42. The SMILES string of the molecule is Cc1ncsc1CNC1=NCC(C2CC2)S1. The second kappa shape index (κ2) is 4.37. The van der Waals surface area contributed by atoms with Gasteiger partial charge in [0.15, 0.2) is 5.17 Å². The van der Waals surface area contributed by atoms with Crippen LogP contribution in [0.25, 0.3) is 0 Å². The van der Waals surface area contributed by atoms with Crippen molar-refractivity contribution in [1.82, 2.24) is 10.3 Å². The van der Waals surface area contributed by atoms with Gasteiger partial charge < -0.3 is 5.32 Å². The number of hydrogen-bond donors (Lipinski definition) is 1. The third-order valence-electron chi connectivity index (χ3n) is 3.07. The van der Waals surface area contributed by atoms with Crippen LogP contribution in [0.3, 0.4) is 0 Å². The largest absolute Gasteiger partial charge is 0.360 e. The van der Waals surface area contributed by atoms with E-state index in [1.165, 1.54) is 17.7 Å². The highest BCUT2D eigenvalue weighted by Crippen LogP contribution is 2.41. The summed E-state index contributed by atoms with van der Waals surface area (Å²) in [4.78, 5) is 10.1.